The normalized spacial score (nSPS) is 23.1. The molecule has 4 nitrogen and oxygen atoms in total. The van der Waals surface area contributed by atoms with Crippen molar-refractivity contribution in [1.29, 1.82) is 0 Å². The van der Waals surface area contributed by atoms with Gasteiger partial charge >= 0.3 is 0 Å². The van der Waals surface area contributed by atoms with E-state index in [4.69, 9.17) is 4.74 Å². The Morgan fingerprint density at radius 1 is 1.16 bits per heavy atom. The van der Waals surface area contributed by atoms with E-state index >= 15 is 0 Å². The van der Waals surface area contributed by atoms with Gasteiger partial charge in [0.05, 0.1) is 12.5 Å². The van der Waals surface area contributed by atoms with E-state index in [0.717, 1.165) is 43.9 Å². The van der Waals surface area contributed by atoms with Crippen molar-refractivity contribution in [2.75, 3.05) is 32.1 Å². The fourth-order valence-electron chi connectivity index (χ4n) is 4.42. The number of hydrogen-bond acceptors (Lipinski definition) is 3. The van der Waals surface area contributed by atoms with Crippen LogP contribution in [0.3, 0.4) is 0 Å². The highest BCUT2D eigenvalue weighted by molar-refractivity contribution is 6.08. The molecule has 0 saturated carbocycles. The predicted molar refractivity (Wildman–Crippen MR) is 99.0 cm³/mol. The summed E-state index contributed by atoms with van der Waals surface area (Å²) in [6.07, 6.45) is 1.97. The second-order valence-corrected chi connectivity index (χ2v) is 7.13. The lowest BCUT2D eigenvalue weighted by molar-refractivity contribution is -0.125. The molecule has 130 valence electrons. The molecule has 25 heavy (non-hydrogen) atoms. The maximum Gasteiger partial charge on any atom is 0.238 e. The summed E-state index contributed by atoms with van der Waals surface area (Å²) in [4.78, 5) is 17.4. The second-order valence-electron chi connectivity index (χ2n) is 7.13. The van der Waals surface area contributed by atoms with Crippen LogP contribution < -0.4 is 9.64 Å². The second kappa shape index (κ2) is 6.19. The number of benzene rings is 2. The molecule has 0 aliphatic carbocycles. The molecule has 0 aromatic heterocycles. The lowest BCUT2D eigenvalue weighted by atomic mass is 9.75. The summed E-state index contributed by atoms with van der Waals surface area (Å²) in [5.41, 5.74) is 3.10. The summed E-state index contributed by atoms with van der Waals surface area (Å²) in [6.45, 7) is 2.65. The van der Waals surface area contributed by atoms with Crippen molar-refractivity contribution in [1.82, 2.24) is 4.90 Å². The standard InChI is InChI=1S/C21H24N2O2/c1-22-19-10-4-3-9-18(19)21(20(22)24)11-6-12-23(15-21)14-16-7-5-8-17(13-16)25-2/h3-5,7-10,13H,6,11-12,14-15H2,1-2H3/t21-/m1/s1. The molecule has 2 heterocycles. The summed E-state index contributed by atoms with van der Waals surface area (Å²) in [5.74, 6) is 1.12. The van der Waals surface area contributed by atoms with Crippen LogP contribution >= 0.6 is 0 Å². The number of amides is 1. The number of likely N-dealkylation sites (tertiary alicyclic amines) is 1. The van der Waals surface area contributed by atoms with Gasteiger partial charge in [0, 0.05) is 25.8 Å². The van der Waals surface area contributed by atoms with Crippen molar-refractivity contribution in [3.05, 3.63) is 59.7 Å². The van der Waals surface area contributed by atoms with E-state index < -0.39 is 0 Å². The van der Waals surface area contributed by atoms with Gasteiger partial charge in [-0.25, -0.2) is 0 Å². The monoisotopic (exact) mass is 336 g/mol. The fourth-order valence-corrected chi connectivity index (χ4v) is 4.42. The number of para-hydroxylation sites is 1. The zero-order valence-electron chi connectivity index (χ0n) is 14.9. The molecule has 0 N–H and O–H groups in total. The molecule has 4 heteroatoms. The first-order chi connectivity index (χ1) is 12.1. The Morgan fingerprint density at radius 3 is 2.84 bits per heavy atom. The van der Waals surface area contributed by atoms with E-state index in [1.54, 1.807) is 7.11 Å². The van der Waals surface area contributed by atoms with Crippen LogP contribution in [0.1, 0.15) is 24.0 Å². The Bertz CT molecular complexity index is 804. The Morgan fingerprint density at radius 2 is 2.00 bits per heavy atom. The van der Waals surface area contributed by atoms with Gasteiger partial charge in [-0.1, -0.05) is 30.3 Å². The van der Waals surface area contributed by atoms with Crippen LogP contribution in [-0.2, 0) is 16.8 Å². The van der Waals surface area contributed by atoms with Gasteiger partial charge in [0.25, 0.3) is 0 Å². The van der Waals surface area contributed by atoms with E-state index in [1.165, 1.54) is 11.1 Å². The number of hydrogen-bond donors (Lipinski definition) is 0. The number of piperidine rings is 1. The zero-order chi connectivity index (χ0) is 17.4. The minimum absolute atomic E-state index is 0.240. The number of carbonyl (C=O) groups is 1. The van der Waals surface area contributed by atoms with Gasteiger partial charge in [0.2, 0.25) is 5.91 Å². The van der Waals surface area contributed by atoms with Crippen LogP contribution in [0.15, 0.2) is 48.5 Å². The Kier molecular flexibility index (Phi) is 4.00. The lowest BCUT2D eigenvalue weighted by Gasteiger charge is -2.39. The lowest BCUT2D eigenvalue weighted by Crippen LogP contribution is -2.51. The maximum absolute atomic E-state index is 13.1. The molecule has 2 aromatic rings. The van der Waals surface area contributed by atoms with Gasteiger partial charge in [-0.2, -0.15) is 0 Å². The molecule has 2 aliphatic rings. The number of rotatable bonds is 3. The molecule has 1 spiro atoms. The van der Waals surface area contributed by atoms with Crippen LogP contribution in [0.2, 0.25) is 0 Å². The topological polar surface area (TPSA) is 32.8 Å². The number of fused-ring (bicyclic) bond motifs is 2. The molecule has 0 bridgehead atoms. The molecule has 1 saturated heterocycles. The highest BCUT2D eigenvalue weighted by atomic mass is 16.5. The van der Waals surface area contributed by atoms with Crippen LogP contribution in [0.4, 0.5) is 5.69 Å². The number of anilines is 1. The Labute approximate surface area is 149 Å². The quantitative estimate of drug-likeness (QED) is 0.863. The molecular weight excluding hydrogens is 312 g/mol. The van der Waals surface area contributed by atoms with E-state index in [0.29, 0.717) is 0 Å². The number of ether oxygens (including phenoxy) is 1. The maximum atomic E-state index is 13.1. The van der Waals surface area contributed by atoms with E-state index in [9.17, 15) is 4.79 Å². The summed E-state index contributed by atoms with van der Waals surface area (Å²) >= 11 is 0. The van der Waals surface area contributed by atoms with Crippen molar-refractivity contribution in [3.8, 4) is 5.75 Å². The molecule has 1 amide bonds. The van der Waals surface area contributed by atoms with Crippen molar-refractivity contribution in [2.24, 2.45) is 0 Å². The van der Waals surface area contributed by atoms with Gasteiger partial charge in [-0.3, -0.25) is 9.69 Å². The highest BCUT2D eigenvalue weighted by Gasteiger charge is 2.51. The van der Waals surface area contributed by atoms with E-state index in [2.05, 4.69) is 29.2 Å². The minimum atomic E-state index is -0.386. The Balaban J connectivity index is 1.62. The number of nitrogens with zero attached hydrogens (tertiary/aromatic N) is 2. The molecule has 4 rings (SSSR count). The van der Waals surface area contributed by atoms with Gasteiger partial charge in [0.15, 0.2) is 0 Å². The van der Waals surface area contributed by atoms with Crippen LogP contribution in [-0.4, -0.2) is 38.1 Å². The van der Waals surface area contributed by atoms with E-state index in [-0.39, 0.29) is 11.3 Å². The van der Waals surface area contributed by atoms with Crippen LogP contribution in [0, 0.1) is 0 Å². The smallest absolute Gasteiger partial charge is 0.238 e. The molecular formula is C21H24N2O2. The van der Waals surface area contributed by atoms with Crippen molar-refractivity contribution in [3.63, 3.8) is 0 Å². The van der Waals surface area contributed by atoms with Crippen molar-refractivity contribution in [2.45, 2.75) is 24.8 Å². The number of carbonyl (C=O) groups excluding carboxylic acids is 1. The first-order valence-corrected chi connectivity index (χ1v) is 8.87. The van der Waals surface area contributed by atoms with Crippen molar-refractivity contribution >= 4 is 11.6 Å². The molecule has 1 atom stereocenters. The molecule has 2 aromatic carbocycles. The summed E-state index contributed by atoms with van der Waals surface area (Å²) in [7, 11) is 3.59. The molecule has 0 unspecified atom stereocenters. The van der Waals surface area contributed by atoms with Crippen LogP contribution in [0.25, 0.3) is 0 Å². The number of methoxy groups -OCH3 is 1. The predicted octanol–water partition coefficient (Wildman–Crippen LogP) is 3.21. The summed E-state index contributed by atoms with van der Waals surface area (Å²) in [6, 6.07) is 16.4. The summed E-state index contributed by atoms with van der Waals surface area (Å²) in [5, 5.41) is 0. The zero-order valence-corrected chi connectivity index (χ0v) is 14.9. The fraction of sp³-hybridized carbons (Fsp3) is 0.381. The highest BCUT2D eigenvalue weighted by Crippen LogP contribution is 2.46. The largest absolute Gasteiger partial charge is 0.497 e. The third kappa shape index (κ3) is 2.61. The summed E-state index contributed by atoms with van der Waals surface area (Å²) < 4.78 is 5.34. The molecule has 2 aliphatic heterocycles. The molecule has 1 fully saturated rings. The SMILES string of the molecule is COc1cccc(CN2CCC[C@]3(C2)C(=O)N(C)c2ccccc23)c1. The van der Waals surface area contributed by atoms with E-state index in [1.807, 2.05) is 36.2 Å². The van der Waals surface area contributed by atoms with Gasteiger partial charge < -0.3 is 9.64 Å². The Hall–Kier alpha value is -2.33. The molecule has 0 radical (unpaired) electrons. The van der Waals surface area contributed by atoms with Gasteiger partial charge in [-0.15, -0.1) is 0 Å². The third-order valence-electron chi connectivity index (χ3n) is 5.61. The number of likely N-dealkylation sites (N-methyl/N-ethyl adjacent to an activating group) is 1. The first kappa shape index (κ1) is 16.2. The van der Waals surface area contributed by atoms with Gasteiger partial charge in [0.1, 0.15) is 5.75 Å². The van der Waals surface area contributed by atoms with Crippen molar-refractivity contribution < 1.29 is 9.53 Å². The van der Waals surface area contributed by atoms with Gasteiger partial charge in [-0.05, 0) is 48.7 Å². The minimum Gasteiger partial charge on any atom is -0.497 e. The first-order valence-electron chi connectivity index (χ1n) is 8.87. The average Bonchev–Trinajstić information content (AvgIpc) is 2.85. The average molecular weight is 336 g/mol. The third-order valence-corrected chi connectivity index (χ3v) is 5.61. The van der Waals surface area contributed by atoms with Crippen LogP contribution in [0.5, 0.6) is 5.75 Å².